The zero-order valence-electron chi connectivity index (χ0n) is 7.36. The second-order valence-electron chi connectivity index (χ2n) is 2.66. The van der Waals surface area contributed by atoms with Crippen molar-refractivity contribution in [2.75, 3.05) is 6.61 Å². The molecule has 0 aliphatic rings. The molecule has 0 fully saturated rings. The maximum Gasteiger partial charge on any atom is 0.165 e. The van der Waals surface area contributed by atoms with Gasteiger partial charge in [0.05, 0.1) is 12.6 Å². The predicted molar refractivity (Wildman–Crippen MR) is 45.3 cm³/mol. The summed E-state index contributed by atoms with van der Waals surface area (Å²) in [5.74, 6) is -3.79. The second-order valence-corrected chi connectivity index (χ2v) is 2.66. The molecule has 1 atom stereocenters. The molecule has 0 aliphatic heterocycles. The Bertz CT molecular complexity index is 418. The summed E-state index contributed by atoms with van der Waals surface area (Å²) in [5.41, 5.74) is 7.32. The molecule has 1 aromatic carbocycles. The fourth-order valence-electron chi connectivity index (χ4n) is 1.10. The standard InChI is InChI=1S/C8H6F3N3O/c9-4-1-2-5(10)8(11)7(4)6(3-15)13-14-12/h1-2,6,15H,3H2. The Morgan fingerprint density at radius 2 is 1.93 bits per heavy atom. The Kier molecular flexibility index (Phi) is 3.54. The minimum atomic E-state index is -1.47. The van der Waals surface area contributed by atoms with E-state index < -0.39 is 35.7 Å². The van der Waals surface area contributed by atoms with E-state index in [0.29, 0.717) is 12.1 Å². The number of nitrogens with zero attached hydrogens (tertiary/aromatic N) is 3. The van der Waals surface area contributed by atoms with Crippen LogP contribution in [0.5, 0.6) is 0 Å². The van der Waals surface area contributed by atoms with Crippen LogP contribution in [0.3, 0.4) is 0 Å². The first kappa shape index (κ1) is 11.4. The van der Waals surface area contributed by atoms with Gasteiger partial charge in [0.1, 0.15) is 5.82 Å². The van der Waals surface area contributed by atoms with Gasteiger partial charge in [0.2, 0.25) is 0 Å². The van der Waals surface area contributed by atoms with Crippen LogP contribution >= 0.6 is 0 Å². The number of azide groups is 1. The number of aliphatic hydroxyl groups is 1. The van der Waals surface area contributed by atoms with Crippen LogP contribution in [0.15, 0.2) is 17.2 Å². The second kappa shape index (κ2) is 4.68. The number of hydrogen-bond donors (Lipinski definition) is 1. The van der Waals surface area contributed by atoms with Crippen molar-refractivity contribution in [1.29, 1.82) is 0 Å². The minimum absolute atomic E-state index is 0.610. The van der Waals surface area contributed by atoms with E-state index in [9.17, 15) is 13.2 Å². The Labute approximate surface area is 82.6 Å². The first-order chi connectivity index (χ1) is 7.11. The fourth-order valence-corrected chi connectivity index (χ4v) is 1.10. The monoisotopic (exact) mass is 217 g/mol. The summed E-state index contributed by atoms with van der Waals surface area (Å²) in [6.45, 7) is -0.804. The van der Waals surface area contributed by atoms with Crippen molar-refractivity contribution < 1.29 is 18.3 Å². The van der Waals surface area contributed by atoms with Gasteiger partial charge in [0.15, 0.2) is 11.6 Å². The maximum absolute atomic E-state index is 13.1. The molecule has 0 heterocycles. The van der Waals surface area contributed by atoms with Gasteiger partial charge in [-0.25, -0.2) is 13.2 Å². The molecule has 1 N–H and O–H groups in total. The van der Waals surface area contributed by atoms with Gasteiger partial charge in [0.25, 0.3) is 0 Å². The van der Waals surface area contributed by atoms with Gasteiger partial charge in [-0.05, 0) is 17.7 Å². The lowest BCUT2D eigenvalue weighted by atomic mass is 10.1. The molecule has 80 valence electrons. The van der Waals surface area contributed by atoms with E-state index in [-0.39, 0.29) is 0 Å². The highest BCUT2D eigenvalue weighted by Crippen LogP contribution is 2.25. The summed E-state index contributed by atoms with van der Waals surface area (Å²) in [5, 5.41) is 11.7. The lowest BCUT2D eigenvalue weighted by Crippen LogP contribution is -2.07. The molecule has 4 nitrogen and oxygen atoms in total. The fraction of sp³-hybridized carbons (Fsp3) is 0.250. The van der Waals surface area contributed by atoms with E-state index in [1.165, 1.54) is 0 Å². The molecular weight excluding hydrogens is 211 g/mol. The Morgan fingerprint density at radius 3 is 2.47 bits per heavy atom. The van der Waals surface area contributed by atoms with Gasteiger partial charge in [0, 0.05) is 10.5 Å². The smallest absolute Gasteiger partial charge is 0.165 e. The van der Waals surface area contributed by atoms with Crippen molar-refractivity contribution in [3.63, 3.8) is 0 Å². The molecule has 15 heavy (non-hydrogen) atoms. The lowest BCUT2D eigenvalue weighted by Gasteiger charge is -2.10. The van der Waals surface area contributed by atoms with Crippen LogP contribution in [0.4, 0.5) is 13.2 Å². The SMILES string of the molecule is [N-]=[N+]=NC(CO)c1c(F)ccc(F)c1F. The summed E-state index contributed by atoms with van der Waals surface area (Å²) in [4.78, 5) is 2.30. The average molecular weight is 217 g/mol. The number of halogens is 3. The van der Waals surface area contributed by atoms with Crippen molar-refractivity contribution in [2.24, 2.45) is 5.11 Å². The largest absolute Gasteiger partial charge is 0.396 e. The first-order valence-corrected chi connectivity index (χ1v) is 3.90. The van der Waals surface area contributed by atoms with Crippen LogP contribution < -0.4 is 0 Å². The molecule has 0 aliphatic carbocycles. The summed E-state index contributed by atoms with van der Waals surface area (Å²) < 4.78 is 38.9. The minimum Gasteiger partial charge on any atom is -0.396 e. The van der Waals surface area contributed by atoms with Gasteiger partial charge in [-0.2, -0.15) is 0 Å². The number of aliphatic hydroxyl groups excluding tert-OH is 1. The summed E-state index contributed by atoms with van der Waals surface area (Å²) in [6.07, 6.45) is 0. The maximum atomic E-state index is 13.1. The highest BCUT2D eigenvalue weighted by molar-refractivity contribution is 5.24. The van der Waals surface area contributed by atoms with E-state index in [1.807, 2.05) is 0 Å². The first-order valence-electron chi connectivity index (χ1n) is 3.90. The van der Waals surface area contributed by atoms with E-state index in [2.05, 4.69) is 10.0 Å². The zero-order valence-corrected chi connectivity index (χ0v) is 7.36. The lowest BCUT2D eigenvalue weighted by molar-refractivity contribution is 0.261. The van der Waals surface area contributed by atoms with Crippen LogP contribution in [0, 0.1) is 17.5 Å². The van der Waals surface area contributed by atoms with E-state index in [1.54, 1.807) is 0 Å². The summed E-state index contributed by atoms with van der Waals surface area (Å²) >= 11 is 0. The van der Waals surface area contributed by atoms with Crippen LogP contribution in [-0.2, 0) is 0 Å². The Hall–Kier alpha value is -1.72. The highest BCUT2D eigenvalue weighted by atomic mass is 19.2. The molecule has 0 saturated heterocycles. The summed E-state index contributed by atoms with van der Waals surface area (Å²) in [7, 11) is 0. The van der Waals surface area contributed by atoms with Crippen molar-refractivity contribution >= 4 is 0 Å². The molecule has 0 amide bonds. The molecule has 7 heteroatoms. The van der Waals surface area contributed by atoms with Gasteiger partial charge < -0.3 is 5.11 Å². The quantitative estimate of drug-likeness (QED) is 0.359. The van der Waals surface area contributed by atoms with Crippen molar-refractivity contribution in [1.82, 2.24) is 0 Å². The zero-order chi connectivity index (χ0) is 11.4. The van der Waals surface area contributed by atoms with Gasteiger partial charge in [-0.15, -0.1) is 0 Å². The highest BCUT2D eigenvalue weighted by Gasteiger charge is 2.21. The Morgan fingerprint density at radius 1 is 1.33 bits per heavy atom. The molecular formula is C8H6F3N3O. The van der Waals surface area contributed by atoms with Crippen molar-refractivity contribution in [2.45, 2.75) is 6.04 Å². The molecule has 0 bridgehead atoms. The topological polar surface area (TPSA) is 69.0 Å². The van der Waals surface area contributed by atoms with Gasteiger partial charge >= 0.3 is 0 Å². The number of rotatable bonds is 3. The number of hydrogen-bond acceptors (Lipinski definition) is 2. The van der Waals surface area contributed by atoms with Crippen LogP contribution in [-0.4, -0.2) is 11.7 Å². The van der Waals surface area contributed by atoms with Crippen LogP contribution in [0.2, 0.25) is 0 Å². The molecule has 1 aromatic rings. The molecule has 1 rings (SSSR count). The number of benzene rings is 1. The third-order valence-corrected chi connectivity index (χ3v) is 1.78. The normalized spacial score (nSPS) is 12.0. The van der Waals surface area contributed by atoms with Gasteiger partial charge in [-0.1, -0.05) is 5.11 Å². The third-order valence-electron chi connectivity index (χ3n) is 1.78. The molecule has 0 aromatic heterocycles. The van der Waals surface area contributed by atoms with Crippen molar-refractivity contribution in [3.8, 4) is 0 Å². The molecule has 0 spiro atoms. The predicted octanol–water partition coefficient (Wildman–Crippen LogP) is 2.45. The average Bonchev–Trinajstić information content (AvgIpc) is 2.22. The van der Waals surface area contributed by atoms with Crippen LogP contribution in [0.1, 0.15) is 11.6 Å². The van der Waals surface area contributed by atoms with E-state index >= 15 is 0 Å². The third kappa shape index (κ3) is 2.20. The van der Waals surface area contributed by atoms with Crippen molar-refractivity contribution in [3.05, 3.63) is 45.6 Å². The van der Waals surface area contributed by atoms with Gasteiger partial charge in [-0.3, -0.25) is 0 Å². The van der Waals surface area contributed by atoms with Crippen LogP contribution in [0.25, 0.3) is 10.4 Å². The molecule has 0 radical (unpaired) electrons. The summed E-state index contributed by atoms with van der Waals surface area (Å²) in [6, 6.07) is -0.159. The van der Waals surface area contributed by atoms with E-state index in [0.717, 1.165) is 0 Å². The Balaban J connectivity index is 3.33. The molecule has 1 unspecified atom stereocenters. The van der Waals surface area contributed by atoms with E-state index in [4.69, 9.17) is 10.6 Å². The molecule has 0 saturated carbocycles.